The summed E-state index contributed by atoms with van der Waals surface area (Å²) < 4.78 is 15.2. The first kappa shape index (κ1) is 18.1. The first-order chi connectivity index (χ1) is 12.5. The fourth-order valence-corrected chi connectivity index (χ4v) is 3.46. The molecular formula is C19H23FN4O2. The van der Waals surface area contributed by atoms with Gasteiger partial charge in [-0.1, -0.05) is 24.3 Å². The molecule has 0 spiro atoms. The Balaban J connectivity index is 1.83. The van der Waals surface area contributed by atoms with E-state index in [0.29, 0.717) is 31.9 Å². The molecule has 1 aliphatic rings. The maximum absolute atomic E-state index is 15.2. The highest BCUT2D eigenvalue weighted by molar-refractivity contribution is 5.65. The molecule has 1 fully saturated rings. The van der Waals surface area contributed by atoms with Crippen LogP contribution in [-0.2, 0) is 6.42 Å². The van der Waals surface area contributed by atoms with Crippen LogP contribution in [-0.4, -0.2) is 51.9 Å². The summed E-state index contributed by atoms with van der Waals surface area (Å²) in [5, 5.41) is 12.3. The highest BCUT2D eigenvalue weighted by Crippen LogP contribution is 2.38. The molecule has 3 rings (SSSR count). The lowest BCUT2D eigenvalue weighted by Crippen LogP contribution is -2.54. The van der Waals surface area contributed by atoms with Crippen molar-refractivity contribution >= 4 is 12.0 Å². The van der Waals surface area contributed by atoms with Gasteiger partial charge in [0.05, 0.1) is 6.54 Å². The molecule has 6 nitrogen and oxygen atoms in total. The molecule has 1 aliphatic heterocycles. The number of alkyl halides is 1. The van der Waals surface area contributed by atoms with E-state index < -0.39 is 17.7 Å². The van der Waals surface area contributed by atoms with Crippen LogP contribution in [0.25, 0.3) is 0 Å². The van der Waals surface area contributed by atoms with Gasteiger partial charge < -0.3 is 15.3 Å². The number of likely N-dealkylation sites (tertiary alicyclic amines) is 1. The predicted octanol–water partition coefficient (Wildman–Crippen LogP) is 3.15. The summed E-state index contributed by atoms with van der Waals surface area (Å²) in [6.45, 7) is 2.56. The average molecular weight is 358 g/mol. The number of carboxylic acid groups (broad SMARTS) is 1. The fraction of sp³-hybridized carbons (Fsp3) is 0.421. The smallest absolute Gasteiger partial charge is 0.407 e. The molecule has 0 unspecified atom stereocenters. The molecule has 0 aliphatic carbocycles. The number of piperidine rings is 1. The Bertz CT molecular complexity index is 758. The Kier molecular flexibility index (Phi) is 5.35. The second-order valence-corrected chi connectivity index (χ2v) is 6.84. The molecule has 0 radical (unpaired) electrons. The number of nitrogens with zero attached hydrogens (tertiary/aromatic N) is 3. The minimum atomic E-state index is -1.27. The summed E-state index contributed by atoms with van der Waals surface area (Å²) in [7, 11) is 0. The van der Waals surface area contributed by atoms with Crippen LogP contribution in [0.4, 0.5) is 15.1 Å². The van der Waals surface area contributed by atoms with E-state index in [4.69, 9.17) is 0 Å². The Morgan fingerprint density at radius 3 is 2.73 bits per heavy atom. The lowest BCUT2D eigenvalue weighted by atomic mass is 9.71. The number of amides is 1. The number of anilines is 1. The first-order valence-corrected chi connectivity index (χ1v) is 8.67. The molecule has 7 heteroatoms. The lowest BCUT2D eigenvalue weighted by molar-refractivity contribution is 0.0190. The minimum Gasteiger partial charge on any atom is -0.465 e. The summed E-state index contributed by atoms with van der Waals surface area (Å²) in [5.41, 5.74) is 1.47. The molecule has 138 valence electrons. The van der Waals surface area contributed by atoms with E-state index in [1.54, 1.807) is 18.5 Å². The van der Waals surface area contributed by atoms with Gasteiger partial charge in [-0.25, -0.2) is 19.2 Å². The van der Waals surface area contributed by atoms with Gasteiger partial charge in [-0.3, -0.25) is 0 Å². The van der Waals surface area contributed by atoms with Crippen molar-refractivity contribution in [2.24, 2.45) is 5.41 Å². The molecule has 2 atom stereocenters. The van der Waals surface area contributed by atoms with Gasteiger partial charge in [0.15, 0.2) is 0 Å². The molecule has 1 amide bonds. The van der Waals surface area contributed by atoms with E-state index in [0.717, 1.165) is 16.0 Å². The van der Waals surface area contributed by atoms with Crippen molar-refractivity contribution < 1.29 is 14.3 Å². The van der Waals surface area contributed by atoms with Crippen LogP contribution in [0.3, 0.4) is 0 Å². The number of benzene rings is 1. The molecule has 0 saturated carbocycles. The summed E-state index contributed by atoms with van der Waals surface area (Å²) in [5.74, 6) is 0.449. The second-order valence-electron chi connectivity index (χ2n) is 6.84. The summed E-state index contributed by atoms with van der Waals surface area (Å²) in [6, 6.07) is 9.64. The van der Waals surface area contributed by atoms with Crippen molar-refractivity contribution in [2.75, 3.05) is 25.0 Å². The van der Waals surface area contributed by atoms with Crippen molar-refractivity contribution in [1.29, 1.82) is 0 Å². The lowest BCUT2D eigenvalue weighted by Gasteiger charge is -2.44. The van der Waals surface area contributed by atoms with Crippen LogP contribution < -0.4 is 5.32 Å². The average Bonchev–Trinajstić information content (AvgIpc) is 2.64. The Morgan fingerprint density at radius 2 is 2.08 bits per heavy atom. The minimum absolute atomic E-state index is 0.113. The molecule has 2 aromatic rings. The number of nitrogens with one attached hydrogen (secondary N) is 1. The molecule has 26 heavy (non-hydrogen) atoms. The van der Waals surface area contributed by atoms with E-state index in [-0.39, 0.29) is 6.54 Å². The van der Waals surface area contributed by atoms with E-state index >= 15 is 4.39 Å². The third kappa shape index (κ3) is 3.92. The van der Waals surface area contributed by atoms with Gasteiger partial charge in [-0.05, 0) is 37.0 Å². The standard InChI is InChI=1S/C19H23FN4O2/c1-14-5-2-3-6-15(14)11-19(13-23-17-21-8-4-9-22-17)7-10-24(18(25)26)12-16(19)20/h2-6,8-9,16H,7,10-13H2,1H3,(H,25,26)(H,21,22,23)/t16-,19+/m0/s1. The predicted molar refractivity (Wildman–Crippen MR) is 96.9 cm³/mol. The van der Waals surface area contributed by atoms with Crippen LogP contribution in [0.5, 0.6) is 0 Å². The second kappa shape index (κ2) is 7.68. The number of aromatic nitrogens is 2. The number of hydrogen-bond acceptors (Lipinski definition) is 4. The Labute approximate surface area is 152 Å². The van der Waals surface area contributed by atoms with Crippen LogP contribution in [0, 0.1) is 12.3 Å². The van der Waals surface area contributed by atoms with Gasteiger partial charge in [-0.15, -0.1) is 0 Å². The number of hydrogen-bond donors (Lipinski definition) is 2. The number of aryl methyl sites for hydroxylation is 1. The zero-order valence-corrected chi connectivity index (χ0v) is 14.7. The number of halogens is 1. The van der Waals surface area contributed by atoms with Gasteiger partial charge in [0, 0.05) is 30.9 Å². The molecule has 1 saturated heterocycles. The van der Waals surface area contributed by atoms with Crippen molar-refractivity contribution in [2.45, 2.75) is 25.9 Å². The van der Waals surface area contributed by atoms with Crippen molar-refractivity contribution in [3.63, 3.8) is 0 Å². The normalized spacial score (nSPS) is 22.8. The Morgan fingerprint density at radius 1 is 1.35 bits per heavy atom. The zero-order chi connectivity index (χ0) is 18.6. The largest absolute Gasteiger partial charge is 0.465 e. The number of rotatable bonds is 5. The quantitative estimate of drug-likeness (QED) is 0.858. The maximum Gasteiger partial charge on any atom is 0.407 e. The first-order valence-electron chi connectivity index (χ1n) is 8.67. The highest BCUT2D eigenvalue weighted by atomic mass is 19.1. The molecule has 1 aromatic heterocycles. The highest BCUT2D eigenvalue weighted by Gasteiger charge is 2.45. The Hall–Kier alpha value is -2.70. The molecule has 2 N–H and O–H groups in total. The van der Waals surface area contributed by atoms with E-state index in [2.05, 4.69) is 15.3 Å². The van der Waals surface area contributed by atoms with Gasteiger partial charge in [-0.2, -0.15) is 0 Å². The third-order valence-corrected chi connectivity index (χ3v) is 5.16. The number of carbonyl (C=O) groups is 1. The topological polar surface area (TPSA) is 78.4 Å². The van der Waals surface area contributed by atoms with Gasteiger partial charge in [0.25, 0.3) is 0 Å². The van der Waals surface area contributed by atoms with Crippen molar-refractivity contribution in [1.82, 2.24) is 14.9 Å². The fourth-order valence-electron chi connectivity index (χ4n) is 3.46. The molecule has 1 aromatic carbocycles. The van der Waals surface area contributed by atoms with Gasteiger partial charge in [0.2, 0.25) is 5.95 Å². The van der Waals surface area contributed by atoms with Crippen LogP contribution in [0.15, 0.2) is 42.7 Å². The van der Waals surface area contributed by atoms with E-state index in [1.165, 1.54) is 0 Å². The van der Waals surface area contributed by atoms with Gasteiger partial charge >= 0.3 is 6.09 Å². The SMILES string of the molecule is Cc1ccccc1C[C@@]1(CNc2ncccn2)CCN(C(=O)O)C[C@@H]1F. The molecule has 2 heterocycles. The van der Waals surface area contributed by atoms with Crippen LogP contribution in [0.1, 0.15) is 17.5 Å². The van der Waals surface area contributed by atoms with Gasteiger partial charge in [0.1, 0.15) is 6.17 Å². The van der Waals surface area contributed by atoms with Crippen molar-refractivity contribution in [3.8, 4) is 0 Å². The van der Waals surface area contributed by atoms with Crippen molar-refractivity contribution in [3.05, 3.63) is 53.9 Å². The maximum atomic E-state index is 15.2. The third-order valence-electron chi connectivity index (χ3n) is 5.16. The van der Waals surface area contributed by atoms with Crippen LogP contribution >= 0.6 is 0 Å². The monoisotopic (exact) mass is 358 g/mol. The van der Waals surface area contributed by atoms with E-state index in [9.17, 15) is 9.90 Å². The van der Waals surface area contributed by atoms with Crippen LogP contribution in [0.2, 0.25) is 0 Å². The summed E-state index contributed by atoms with van der Waals surface area (Å²) in [4.78, 5) is 20.7. The molecule has 0 bridgehead atoms. The summed E-state index contributed by atoms with van der Waals surface area (Å²) in [6.07, 6.45) is 1.88. The summed E-state index contributed by atoms with van der Waals surface area (Å²) >= 11 is 0. The van der Waals surface area contributed by atoms with E-state index in [1.807, 2.05) is 31.2 Å². The molecular weight excluding hydrogens is 335 g/mol. The zero-order valence-electron chi connectivity index (χ0n) is 14.7.